The lowest BCUT2D eigenvalue weighted by Crippen LogP contribution is -2.47. The quantitative estimate of drug-likeness (QED) is 0.881. The fourth-order valence-corrected chi connectivity index (χ4v) is 2.65. The Morgan fingerprint density at radius 2 is 2.05 bits per heavy atom. The van der Waals surface area contributed by atoms with Gasteiger partial charge in [0.05, 0.1) is 0 Å². The highest BCUT2D eigenvalue weighted by molar-refractivity contribution is 8.14. The van der Waals surface area contributed by atoms with Crippen LogP contribution in [0.3, 0.4) is 0 Å². The summed E-state index contributed by atoms with van der Waals surface area (Å²) in [6.45, 7) is -0.475. The number of anilines is 1. The third-order valence-corrected chi connectivity index (χ3v) is 3.80. The molecule has 0 saturated carbocycles. The van der Waals surface area contributed by atoms with Crippen molar-refractivity contribution in [3.8, 4) is 0 Å². The maximum atomic E-state index is 12.3. The molecule has 1 aromatic rings. The molecule has 0 bridgehead atoms. The first kappa shape index (κ1) is 14.7. The Bertz CT molecular complexity index is 549. The molecule has 2 amide bonds. The lowest BCUT2D eigenvalue weighted by atomic mass is 10.2. The van der Waals surface area contributed by atoms with Crippen LogP contribution >= 0.6 is 23.4 Å². The first-order valence-corrected chi connectivity index (χ1v) is 7.06. The van der Waals surface area contributed by atoms with Gasteiger partial charge < -0.3 is 10.4 Å². The fourth-order valence-electron chi connectivity index (χ4n) is 1.76. The molecule has 0 spiro atoms. The van der Waals surface area contributed by atoms with Crippen LogP contribution in [-0.4, -0.2) is 40.6 Å². The molecule has 1 saturated heterocycles. The van der Waals surface area contributed by atoms with Crippen LogP contribution in [0.5, 0.6) is 0 Å². The molecule has 1 fully saturated rings. The second-order valence-corrected chi connectivity index (χ2v) is 5.52. The van der Waals surface area contributed by atoms with Crippen molar-refractivity contribution in [2.24, 2.45) is 0 Å². The minimum atomic E-state index is -1.13. The second kappa shape index (κ2) is 6.15. The summed E-state index contributed by atoms with van der Waals surface area (Å²) < 4.78 is 0. The molecule has 20 heavy (non-hydrogen) atoms. The monoisotopic (exact) mass is 314 g/mol. The molecule has 0 radical (unpaired) electrons. The molecular weight excluding hydrogens is 304 g/mol. The Morgan fingerprint density at radius 1 is 1.40 bits per heavy atom. The van der Waals surface area contributed by atoms with Gasteiger partial charge in [-0.05, 0) is 24.3 Å². The maximum Gasteiger partial charge on any atom is 0.323 e. The Hall–Kier alpha value is -1.73. The molecule has 8 heteroatoms. The van der Waals surface area contributed by atoms with Gasteiger partial charge >= 0.3 is 5.97 Å². The van der Waals surface area contributed by atoms with Crippen molar-refractivity contribution in [3.05, 3.63) is 29.3 Å². The van der Waals surface area contributed by atoms with E-state index in [-0.39, 0.29) is 5.24 Å². The summed E-state index contributed by atoms with van der Waals surface area (Å²) >= 11 is 6.77. The van der Waals surface area contributed by atoms with Gasteiger partial charge in [0, 0.05) is 16.5 Å². The number of nitrogens with zero attached hydrogens (tertiary/aromatic N) is 1. The van der Waals surface area contributed by atoms with E-state index >= 15 is 0 Å². The van der Waals surface area contributed by atoms with Gasteiger partial charge in [-0.15, -0.1) is 0 Å². The number of hydrogen-bond donors (Lipinski definition) is 2. The van der Waals surface area contributed by atoms with Gasteiger partial charge in [-0.1, -0.05) is 23.4 Å². The van der Waals surface area contributed by atoms with E-state index in [1.54, 1.807) is 24.3 Å². The molecule has 1 atom stereocenters. The summed E-state index contributed by atoms with van der Waals surface area (Å²) in [5.41, 5.74) is 0.424. The molecule has 1 aliphatic rings. The molecule has 0 aromatic heterocycles. The van der Waals surface area contributed by atoms with Crippen molar-refractivity contribution >= 4 is 46.2 Å². The SMILES string of the molecule is O=C(O)CN(C(=O)C1CSC(=O)N1)c1ccc(Cl)cc1. The maximum absolute atomic E-state index is 12.3. The Kier molecular flexibility index (Phi) is 4.51. The first-order valence-electron chi connectivity index (χ1n) is 5.69. The second-order valence-electron chi connectivity index (χ2n) is 4.09. The number of nitrogens with one attached hydrogen (secondary N) is 1. The number of carboxylic acid groups (broad SMARTS) is 1. The van der Waals surface area contributed by atoms with E-state index in [9.17, 15) is 14.4 Å². The van der Waals surface area contributed by atoms with Gasteiger partial charge in [0.1, 0.15) is 12.6 Å². The fraction of sp³-hybridized carbons (Fsp3) is 0.250. The Balaban J connectivity index is 2.22. The van der Waals surface area contributed by atoms with Crippen LogP contribution < -0.4 is 10.2 Å². The molecule has 106 valence electrons. The summed E-state index contributed by atoms with van der Waals surface area (Å²) in [6.07, 6.45) is 0. The zero-order chi connectivity index (χ0) is 14.7. The number of carboxylic acids is 1. The van der Waals surface area contributed by atoms with Crippen molar-refractivity contribution in [2.75, 3.05) is 17.2 Å². The smallest absolute Gasteiger partial charge is 0.323 e. The average molecular weight is 315 g/mol. The molecule has 1 aromatic carbocycles. The van der Waals surface area contributed by atoms with Crippen LogP contribution in [0, 0.1) is 0 Å². The summed E-state index contributed by atoms with van der Waals surface area (Å²) in [6, 6.07) is 5.56. The summed E-state index contributed by atoms with van der Waals surface area (Å²) in [7, 11) is 0. The van der Waals surface area contributed by atoms with Crippen LogP contribution in [-0.2, 0) is 9.59 Å². The number of thioether (sulfide) groups is 1. The van der Waals surface area contributed by atoms with Gasteiger partial charge in [0.2, 0.25) is 0 Å². The van der Waals surface area contributed by atoms with E-state index in [4.69, 9.17) is 16.7 Å². The summed E-state index contributed by atoms with van der Waals surface area (Å²) in [4.78, 5) is 35.5. The van der Waals surface area contributed by atoms with Gasteiger partial charge in [-0.25, -0.2) is 0 Å². The van der Waals surface area contributed by atoms with Crippen LogP contribution in [0.15, 0.2) is 24.3 Å². The van der Waals surface area contributed by atoms with E-state index < -0.39 is 24.5 Å². The van der Waals surface area contributed by atoms with E-state index in [0.29, 0.717) is 16.5 Å². The standard InChI is InChI=1S/C12H11ClN2O4S/c13-7-1-3-8(4-2-7)15(5-10(16)17)11(18)9-6-20-12(19)14-9/h1-4,9H,5-6H2,(H,14,19)(H,16,17). The Labute approximate surface area is 124 Å². The van der Waals surface area contributed by atoms with Crippen molar-refractivity contribution in [1.29, 1.82) is 0 Å². The van der Waals surface area contributed by atoms with Crippen LogP contribution in [0.4, 0.5) is 10.5 Å². The van der Waals surface area contributed by atoms with E-state index in [0.717, 1.165) is 16.7 Å². The van der Waals surface area contributed by atoms with E-state index in [2.05, 4.69) is 5.32 Å². The predicted molar refractivity (Wildman–Crippen MR) is 76.2 cm³/mol. The molecule has 1 unspecified atom stereocenters. The molecular formula is C12H11ClN2O4S. The highest BCUT2D eigenvalue weighted by Crippen LogP contribution is 2.21. The van der Waals surface area contributed by atoms with Gasteiger partial charge in [0.15, 0.2) is 0 Å². The molecule has 1 heterocycles. The average Bonchev–Trinajstić information content (AvgIpc) is 2.83. The highest BCUT2D eigenvalue weighted by Gasteiger charge is 2.32. The number of carbonyl (C=O) groups excluding carboxylic acids is 2. The number of rotatable bonds is 4. The summed E-state index contributed by atoms with van der Waals surface area (Å²) in [5.74, 6) is -1.29. The number of halogens is 1. The normalized spacial score (nSPS) is 17.6. The number of benzene rings is 1. The molecule has 2 rings (SSSR count). The first-order chi connectivity index (χ1) is 9.47. The highest BCUT2D eigenvalue weighted by atomic mass is 35.5. The molecule has 6 nitrogen and oxygen atoms in total. The van der Waals surface area contributed by atoms with Crippen molar-refractivity contribution in [3.63, 3.8) is 0 Å². The Morgan fingerprint density at radius 3 is 2.55 bits per heavy atom. The predicted octanol–water partition coefficient (Wildman–Crippen LogP) is 1.58. The van der Waals surface area contributed by atoms with Gasteiger partial charge in [-0.3, -0.25) is 19.3 Å². The van der Waals surface area contributed by atoms with Crippen LogP contribution in [0.25, 0.3) is 0 Å². The molecule has 0 aliphatic carbocycles. The largest absolute Gasteiger partial charge is 0.480 e. The number of carbonyl (C=O) groups is 3. The third kappa shape index (κ3) is 3.43. The minimum Gasteiger partial charge on any atom is -0.480 e. The van der Waals surface area contributed by atoms with Gasteiger partial charge in [0.25, 0.3) is 11.1 Å². The number of hydrogen-bond acceptors (Lipinski definition) is 4. The summed E-state index contributed by atoms with van der Waals surface area (Å²) in [5, 5.41) is 11.6. The molecule has 2 N–H and O–H groups in total. The topological polar surface area (TPSA) is 86.7 Å². The number of amides is 2. The van der Waals surface area contributed by atoms with Crippen LogP contribution in [0.1, 0.15) is 0 Å². The lowest BCUT2D eigenvalue weighted by Gasteiger charge is -2.23. The zero-order valence-electron chi connectivity index (χ0n) is 10.2. The third-order valence-electron chi connectivity index (χ3n) is 2.67. The minimum absolute atomic E-state index is 0.283. The number of aliphatic carboxylic acids is 1. The van der Waals surface area contributed by atoms with E-state index in [1.807, 2.05) is 0 Å². The van der Waals surface area contributed by atoms with Gasteiger partial charge in [-0.2, -0.15) is 0 Å². The van der Waals surface area contributed by atoms with Crippen molar-refractivity contribution in [1.82, 2.24) is 5.32 Å². The lowest BCUT2D eigenvalue weighted by molar-refractivity contribution is -0.136. The van der Waals surface area contributed by atoms with Crippen molar-refractivity contribution < 1.29 is 19.5 Å². The van der Waals surface area contributed by atoms with Crippen LogP contribution in [0.2, 0.25) is 5.02 Å². The van der Waals surface area contributed by atoms with E-state index in [1.165, 1.54) is 0 Å². The van der Waals surface area contributed by atoms with Crippen molar-refractivity contribution in [2.45, 2.75) is 6.04 Å². The molecule has 1 aliphatic heterocycles. The zero-order valence-corrected chi connectivity index (χ0v) is 11.8.